The molecule has 0 aliphatic heterocycles. The smallest absolute Gasteiger partial charge is 0.150 e. The van der Waals surface area contributed by atoms with Crippen molar-refractivity contribution in [3.8, 4) is 11.1 Å². The number of carbonyl (C=O) groups is 1. The third-order valence-corrected chi connectivity index (χ3v) is 9.28. The Morgan fingerprint density at radius 2 is 1.81 bits per heavy atom. The summed E-state index contributed by atoms with van der Waals surface area (Å²) in [5.41, 5.74) is 6.32. The number of ether oxygens (including phenoxy) is 1. The summed E-state index contributed by atoms with van der Waals surface area (Å²) in [6.45, 7) is 2.48. The Morgan fingerprint density at radius 3 is 2.62 bits per heavy atom. The van der Waals surface area contributed by atoms with E-state index in [4.69, 9.17) is 4.74 Å². The first-order valence-electron chi connectivity index (χ1n) is 12.3. The molecule has 0 heterocycles. The van der Waals surface area contributed by atoms with E-state index in [0.717, 1.165) is 41.2 Å². The van der Waals surface area contributed by atoms with Gasteiger partial charge in [-0.15, -0.1) is 0 Å². The molecule has 3 aromatic rings. The molecule has 3 aliphatic rings. The maximum atomic E-state index is 12.2. The van der Waals surface area contributed by atoms with Crippen molar-refractivity contribution in [2.45, 2.75) is 57.5 Å². The van der Waals surface area contributed by atoms with Crippen LogP contribution >= 0.6 is 0 Å². The fourth-order valence-corrected chi connectivity index (χ4v) is 7.68. The first kappa shape index (κ1) is 20.2. The lowest BCUT2D eigenvalue weighted by molar-refractivity contribution is -0.0444. The van der Waals surface area contributed by atoms with Gasteiger partial charge in [0, 0.05) is 12.7 Å². The van der Waals surface area contributed by atoms with E-state index in [1.807, 2.05) is 7.11 Å². The van der Waals surface area contributed by atoms with Crippen molar-refractivity contribution < 1.29 is 9.53 Å². The lowest BCUT2D eigenvalue weighted by Gasteiger charge is -2.50. The second-order valence-corrected chi connectivity index (χ2v) is 10.6. The van der Waals surface area contributed by atoms with Crippen molar-refractivity contribution >= 4 is 17.1 Å². The fourth-order valence-electron chi connectivity index (χ4n) is 7.68. The van der Waals surface area contributed by atoms with Gasteiger partial charge >= 0.3 is 0 Å². The molecule has 0 aromatic heterocycles. The van der Waals surface area contributed by atoms with Crippen LogP contribution in [0, 0.1) is 17.3 Å². The van der Waals surface area contributed by atoms with E-state index < -0.39 is 0 Å². The minimum atomic E-state index is 0.325. The summed E-state index contributed by atoms with van der Waals surface area (Å²) in [6, 6.07) is 19.6. The number of aryl methyl sites for hydroxylation is 1. The summed E-state index contributed by atoms with van der Waals surface area (Å²) in [5, 5.41) is 2.46. The van der Waals surface area contributed by atoms with Crippen LogP contribution in [0.1, 0.15) is 66.4 Å². The topological polar surface area (TPSA) is 26.3 Å². The summed E-state index contributed by atoms with van der Waals surface area (Å²) in [7, 11) is 1.89. The highest BCUT2D eigenvalue weighted by atomic mass is 16.5. The van der Waals surface area contributed by atoms with Crippen LogP contribution in [0.2, 0.25) is 0 Å². The molecule has 5 atom stereocenters. The minimum absolute atomic E-state index is 0.325. The van der Waals surface area contributed by atoms with Gasteiger partial charge in [-0.1, -0.05) is 49.4 Å². The number of benzene rings is 3. The number of hydrogen-bond acceptors (Lipinski definition) is 2. The molecule has 0 spiro atoms. The van der Waals surface area contributed by atoms with Gasteiger partial charge in [-0.25, -0.2) is 0 Å². The van der Waals surface area contributed by atoms with Gasteiger partial charge in [-0.2, -0.15) is 0 Å². The fraction of sp³-hybridized carbons (Fsp3) is 0.433. The Kier molecular flexibility index (Phi) is 4.76. The van der Waals surface area contributed by atoms with Crippen molar-refractivity contribution in [2.24, 2.45) is 17.3 Å². The van der Waals surface area contributed by atoms with E-state index in [1.54, 1.807) is 0 Å². The zero-order chi connectivity index (χ0) is 21.9. The maximum absolute atomic E-state index is 12.2. The summed E-state index contributed by atoms with van der Waals surface area (Å²) < 4.78 is 5.92. The summed E-state index contributed by atoms with van der Waals surface area (Å²) in [6.07, 6.45) is 8.83. The van der Waals surface area contributed by atoms with Gasteiger partial charge in [0.2, 0.25) is 0 Å². The standard InChI is InChI=1S/C30H32O2/c1-30-14-13-24-25(28(30)11-12-29(30)32-2)10-9-22-16-26(23(18-31)17-27(22)24)21-8-7-19-5-3-4-6-20(19)15-21/h3-8,15-18,24-25,28-29H,9-14H2,1-2H3/t24-,25+,28-,29-,30-/m0/s1. The molecule has 0 unspecified atom stereocenters. The molecular weight excluding hydrogens is 392 g/mol. The highest BCUT2D eigenvalue weighted by molar-refractivity contribution is 5.93. The van der Waals surface area contributed by atoms with E-state index in [2.05, 4.69) is 61.5 Å². The van der Waals surface area contributed by atoms with Crippen LogP contribution in [0.3, 0.4) is 0 Å². The largest absolute Gasteiger partial charge is 0.381 e. The number of carbonyl (C=O) groups excluding carboxylic acids is 1. The third kappa shape index (κ3) is 2.92. The van der Waals surface area contributed by atoms with E-state index in [0.29, 0.717) is 17.4 Å². The number of methoxy groups -OCH3 is 1. The van der Waals surface area contributed by atoms with Crippen molar-refractivity contribution in [3.05, 3.63) is 71.3 Å². The van der Waals surface area contributed by atoms with Gasteiger partial charge < -0.3 is 4.74 Å². The SMILES string of the molecule is CO[C@H]1CC[C@H]2[C@@H]3CCc4cc(-c5ccc6ccccc6c5)c(C=O)cc4[C@H]3CC[C@]12C. The molecule has 32 heavy (non-hydrogen) atoms. The van der Waals surface area contributed by atoms with Gasteiger partial charge in [0.15, 0.2) is 6.29 Å². The Morgan fingerprint density at radius 1 is 0.969 bits per heavy atom. The number of aldehydes is 1. The second kappa shape index (κ2) is 7.56. The molecular formula is C30H32O2. The Bertz CT molecular complexity index is 1190. The van der Waals surface area contributed by atoms with Crippen molar-refractivity contribution in [1.29, 1.82) is 0 Å². The van der Waals surface area contributed by atoms with Crippen molar-refractivity contribution in [2.75, 3.05) is 7.11 Å². The highest BCUT2D eigenvalue weighted by Crippen LogP contribution is 2.61. The molecule has 2 nitrogen and oxygen atoms in total. The zero-order valence-corrected chi connectivity index (χ0v) is 19.1. The van der Waals surface area contributed by atoms with Crippen molar-refractivity contribution in [1.82, 2.24) is 0 Å². The zero-order valence-electron chi connectivity index (χ0n) is 19.1. The molecule has 2 saturated carbocycles. The lowest BCUT2D eigenvalue weighted by atomic mass is 9.55. The molecule has 2 fully saturated rings. The normalized spacial score (nSPS) is 31.1. The number of rotatable bonds is 3. The van der Waals surface area contributed by atoms with Crippen LogP contribution < -0.4 is 0 Å². The second-order valence-electron chi connectivity index (χ2n) is 10.6. The first-order valence-corrected chi connectivity index (χ1v) is 12.3. The van der Waals surface area contributed by atoms with Gasteiger partial charge in [0.05, 0.1) is 6.10 Å². The van der Waals surface area contributed by atoms with Crippen molar-refractivity contribution in [3.63, 3.8) is 0 Å². The molecule has 0 amide bonds. The molecule has 164 valence electrons. The van der Waals surface area contributed by atoms with Crippen LogP contribution in [0.15, 0.2) is 54.6 Å². The minimum Gasteiger partial charge on any atom is -0.381 e. The molecule has 0 saturated heterocycles. The Balaban J connectivity index is 1.40. The first-order chi connectivity index (χ1) is 15.6. The molecule has 0 N–H and O–H groups in total. The maximum Gasteiger partial charge on any atom is 0.150 e. The molecule has 3 aliphatic carbocycles. The van der Waals surface area contributed by atoms with Crippen LogP contribution in [0.4, 0.5) is 0 Å². The molecule has 6 rings (SSSR count). The van der Waals surface area contributed by atoms with Gasteiger partial charge in [0.1, 0.15) is 0 Å². The van der Waals surface area contributed by atoms with Gasteiger partial charge in [-0.05, 0) is 107 Å². The van der Waals surface area contributed by atoms with Gasteiger partial charge in [0.25, 0.3) is 0 Å². The number of fused-ring (bicyclic) bond motifs is 6. The van der Waals surface area contributed by atoms with Crippen LogP contribution in [0.25, 0.3) is 21.9 Å². The van der Waals surface area contributed by atoms with E-state index >= 15 is 0 Å². The summed E-state index contributed by atoms with van der Waals surface area (Å²) in [5.74, 6) is 2.07. The molecule has 2 heteroatoms. The third-order valence-electron chi connectivity index (χ3n) is 9.28. The molecule has 0 radical (unpaired) electrons. The van der Waals surface area contributed by atoms with Crippen LogP contribution in [-0.4, -0.2) is 19.5 Å². The number of hydrogen-bond donors (Lipinski definition) is 0. The molecule has 3 aromatic carbocycles. The Labute approximate surface area is 191 Å². The van der Waals surface area contributed by atoms with E-state index in [1.165, 1.54) is 54.0 Å². The summed E-state index contributed by atoms with van der Waals surface area (Å²) >= 11 is 0. The van der Waals surface area contributed by atoms with Gasteiger partial charge in [-0.3, -0.25) is 4.79 Å². The quantitative estimate of drug-likeness (QED) is 0.416. The van der Waals surface area contributed by atoms with Crippen LogP contribution in [-0.2, 0) is 11.2 Å². The van der Waals surface area contributed by atoms with E-state index in [9.17, 15) is 4.79 Å². The molecule has 0 bridgehead atoms. The van der Waals surface area contributed by atoms with E-state index in [-0.39, 0.29) is 0 Å². The Hall–Kier alpha value is -2.45. The predicted molar refractivity (Wildman–Crippen MR) is 130 cm³/mol. The average molecular weight is 425 g/mol. The predicted octanol–water partition coefficient (Wildman–Crippen LogP) is 7.19. The highest BCUT2D eigenvalue weighted by Gasteiger charge is 2.55. The average Bonchev–Trinajstić information content (AvgIpc) is 3.19. The summed E-state index contributed by atoms with van der Waals surface area (Å²) in [4.78, 5) is 12.2. The monoisotopic (exact) mass is 424 g/mol. The lowest BCUT2D eigenvalue weighted by Crippen LogP contribution is -2.44. The van der Waals surface area contributed by atoms with Crippen LogP contribution in [0.5, 0.6) is 0 Å².